The molecule has 0 aliphatic carbocycles. The standard InChI is InChI=1S/C17H18ClFN2O5S/c1-10(2)26-14-6-4-11(8-15(14)25-3)17(22)20-21-27(23,24)16-7-5-12(19)9-13(16)18/h4-10,21H,1-3H3,(H,20,22). The molecule has 2 aromatic rings. The monoisotopic (exact) mass is 416 g/mol. The van der Waals surface area contributed by atoms with Crippen molar-refractivity contribution in [2.75, 3.05) is 7.11 Å². The molecule has 2 aromatic carbocycles. The van der Waals surface area contributed by atoms with Crippen molar-refractivity contribution >= 4 is 27.5 Å². The Labute approximate surface area is 161 Å². The van der Waals surface area contributed by atoms with Gasteiger partial charge in [0.2, 0.25) is 0 Å². The fourth-order valence-electron chi connectivity index (χ4n) is 2.09. The zero-order chi connectivity index (χ0) is 20.2. The highest BCUT2D eigenvalue weighted by Crippen LogP contribution is 2.29. The molecule has 0 saturated carbocycles. The molecule has 0 atom stereocenters. The van der Waals surface area contributed by atoms with Crippen molar-refractivity contribution in [3.63, 3.8) is 0 Å². The zero-order valence-corrected chi connectivity index (χ0v) is 16.3. The third-order valence-electron chi connectivity index (χ3n) is 3.27. The van der Waals surface area contributed by atoms with Gasteiger partial charge in [0.25, 0.3) is 15.9 Å². The van der Waals surface area contributed by atoms with Gasteiger partial charge in [0.15, 0.2) is 11.5 Å². The molecule has 0 fully saturated rings. The Bertz CT molecular complexity index is 950. The summed E-state index contributed by atoms with van der Waals surface area (Å²) in [6.45, 7) is 3.69. The molecule has 7 nitrogen and oxygen atoms in total. The summed E-state index contributed by atoms with van der Waals surface area (Å²) in [6, 6.07) is 7.20. The van der Waals surface area contributed by atoms with E-state index in [1.54, 1.807) is 6.07 Å². The highest BCUT2D eigenvalue weighted by molar-refractivity contribution is 7.89. The van der Waals surface area contributed by atoms with Gasteiger partial charge in [-0.2, -0.15) is 0 Å². The minimum Gasteiger partial charge on any atom is -0.493 e. The smallest absolute Gasteiger partial charge is 0.266 e. The maximum Gasteiger partial charge on any atom is 0.266 e. The van der Waals surface area contributed by atoms with Crippen LogP contribution in [0.3, 0.4) is 0 Å². The van der Waals surface area contributed by atoms with E-state index in [9.17, 15) is 17.6 Å². The number of hydrazine groups is 1. The second kappa shape index (κ2) is 8.55. The number of rotatable bonds is 7. The highest BCUT2D eigenvalue weighted by Gasteiger charge is 2.20. The van der Waals surface area contributed by atoms with Crippen LogP contribution in [0.1, 0.15) is 24.2 Å². The van der Waals surface area contributed by atoms with Gasteiger partial charge in [-0.25, -0.2) is 12.8 Å². The Morgan fingerprint density at radius 1 is 1.15 bits per heavy atom. The molecular formula is C17H18ClFN2O5S. The molecule has 0 aliphatic rings. The summed E-state index contributed by atoms with van der Waals surface area (Å²) in [7, 11) is -2.77. The van der Waals surface area contributed by atoms with Gasteiger partial charge >= 0.3 is 0 Å². The van der Waals surface area contributed by atoms with Crippen LogP contribution in [-0.2, 0) is 10.0 Å². The number of sulfonamides is 1. The lowest BCUT2D eigenvalue weighted by molar-refractivity contribution is 0.0944. The normalized spacial score (nSPS) is 11.3. The average molecular weight is 417 g/mol. The molecule has 0 heterocycles. The van der Waals surface area contributed by atoms with Crippen molar-refractivity contribution < 1.29 is 27.1 Å². The van der Waals surface area contributed by atoms with E-state index in [0.717, 1.165) is 18.2 Å². The lowest BCUT2D eigenvalue weighted by atomic mass is 10.2. The van der Waals surface area contributed by atoms with Crippen molar-refractivity contribution in [1.29, 1.82) is 0 Å². The maximum atomic E-state index is 13.1. The second-order valence-electron chi connectivity index (χ2n) is 5.67. The third kappa shape index (κ3) is 5.31. The molecule has 0 saturated heterocycles. The van der Waals surface area contributed by atoms with Gasteiger partial charge in [-0.3, -0.25) is 10.2 Å². The number of benzene rings is 2. The summed E-state index contributed by atoms with van der Waals surface area (Å²) < 4.78 is 48.2. The van der Waals surface area contributed by atoms with Crippen molar-refractivity contribution in [2.24, 2.45) is 0 Å². The summed E-state index contributed by atoms with van der Waals surface area (Å²) in [6.07, 6.45) is -0.0918. The SMILES string of the molecule is COc1cc(C(=O)NNS(=O)(=O)c2ccc(F)cc2Cl)ccc1OC(C)C. The van der Waals surface area contributed by atoms with Gasteiger partial charge in [-0.15, -0.1) is 4.83 Å². The summed E-state index contributed by atoms with van der Waals surface area (Å²) >= 11 is 5.74. The molecule has 2 rings (SSSR count). The molecule has 2 N–H and O–H groups in total. The predicted octanol–water partition coefficient (Wildman–Crippen LogP) is 2.90. The van der Waals surface area contributed by atoms with Crippen molar-refractivity contribution in [2.45, 2.75) is 24.8 Å². The lowest BCUT2D eigenvalue weighted by Gasteiger charge is -2.14. The van der Waals surface area contributed by atoms with Crippen LogP contribution in [0.4, 0.5) is 4.39 Å². The first-order chi connectivity index (χ1) is 12.6. The summed E-state index contributed by atoms with van der Waals surface area (Å²) in [4.78, 5) is 13.8. The molecule has 0 aromatic heterocycles. The Kier molecular flexibility index (Phi) is 6.63. The van der Waals surface area contributed by atoms with Crippen LogP contribution in [-0.4, -0.2) is 27.5 Å². The number of amides is 1. The minimum atomic E-state index is -4.19. The number of hydrogen-bond acceptors (Lipinski definition) is 5. The molecular weight excluding hydrogens is 399 g/mol. The van der Waals surface area contributed by atoms with Crippen molar-refractivity contribution in [3.8, 4) is 11.5 Å². The molecule has 0 radical (unpaired) electrons. The fraction of sp³-hybridized carbons (Fsp3) is 0.235. The van der Waals surface area contributed by atoms with Crippen LogP contribution in [0, 0.1) is 5.82 Å². The molecule has 10 heteroatoms. The molecule has 27 heavy (non-hydrogen) atoms. The first kappa shape index (κ1) is 20.9. The van der Waals surface area contributed by atoms with E-state index >= 15 is 0 Å². The highest BCUT2D eigenvalue weighted by atomic mass is 35.5. The molecule has 0 unspecified atom stereocenters. The first-order valence-corrected chi connectivity index (χ1v) is 9.62. The average Bonchev–Trinajstić information content (AvgIpc) is 2.59. The summed E-state index contributed by atoms with van der Waals surface area (Å²) in [5, 5.41) is -0.311. The lowest BCUT2D eigenvalue weighted by Crippen LogP contribution is -2.41. The Morgan fingerprint density at radius 2 is 1.85 bits per heavy atom. The zero-order valence-electron chi connectivity index (χ0n) is 14.7. The van der Waals surface area contributed by atoms with Crippen LogP contribution < -0.4 is 19.7 Å². The van der Waals surface area contributed by atoms with E-state index in [2.05, 4.69) is 5.43 Å². The minimum absolute atomic E-state index is 0.0918. The number of nitrogens with one attached hydrogen (secondary N) is 2. The summed E-state index contributed by atoms with van der Waals surface area (Å²) in [5.41, 5.74) is 2.20. The number of methoxy groups -OCH3 is 1. The Hall–Kier alpha value is -2.36. The molecule has 0 spiro atoms. The van der Waals surface area contributed by atoms with E-state index in [1.807, 2.05) is 18.7 Å². The number of carbonyl (C=O) groups excluding carboxylic acids is 1. The van der Waals surface area contributed by atoms with Crippen LogP contribution >= 0.6 is 11.6 Å². The van der Waals surface area contributed by atoms with Gasteiger partial charge in [0.1, 0.15) is 10.7 Å². The number of ether oxygens (including phenoxy) is 2. The topological polar surface area (TPSA) is 93.7 Å². The molecule has 0 aliphatic heterocycles. The maximum absolute atomic E-state index is 13.1. The first-order valence-electron chi connectivity index (χ1n) is 7.76. The van der Waals surface area contributed by atoms with E-state index in [4.69, 9.17) is 21.1 Å². The van der Waals surface area contributed by atoms with Crippen LogP contribution in [0.5, 0.6) is 11.5 Å². The van der Waals surface area contributed by atoms with Gasteiger partial charge < -0.3 is 9.47 Å². The largest absolute Gasteiger partial charge is 0.493 e. The van der Waals surface area contributed by atoms with Gasteiger partial charge in [-0.05, 0) is 50.2 Å². The van der Waals surface area contributed by atoms with Crippen LogP contribution in [0.15, 0.2) is 41.3 Å². The molecule has 1 amide bonds. The number of carbonyl (C=O) groups is 1. The Balaban J connectivity index is 2.15. The summed E-state index contributed by atoms with van der Waals surface area (Å²) in [5.74, 6) is -0.645. The molecule has 0 bridgehead atoms. The fourth-order valence-corrected chi connectivity index (χ4v) is 3.47. The quantitative estimate of drug-likeness (QED) is 0.677. The van der Waals surface area contributed by atoms with E-state index in [-0.39, 0.29) is 21.6 Å². The van der Waals surface area contributed by atoms with E-state index in [0.29, 0.717) is 11.5 Å². The third-order valence-corrected chi connectivity index (χ3v) is 5.00. The van der Waals surface area contributed by atoms with Crippen LogP contribution in [0.25, 0.3) is 0 Å². The van der Waals surface area contributed by atoms with Crippen LogP contribution in [0.2, 0.25) is 5.02 Å². The number of hydrogen-bond donors (Lipinski definition) is 2. The second-order valence-corrected chi connectivity index (χ2v) is 7.72. The van der Waals surface area contributed by atoms with Gasteiger partial charge in [0.05, 0.1) is 18.2 Å². The van der Waals surface area contributed by atoms with E-state index < -0.39 is 21.7 Å². The van der Waals surface area contributed by atoms with Gasteiger partial charge in [0, 0.05) is 5.56 Å². The predicted molar refractivity (Wildman–Crippen MR) is 98.0 cm³/mol. The van der Waals surface area contributed by atoms with Crippen molar-refractivity contribution in [3.05, 3.63) is 52.8 Å². The Morgan fingerprint density at radius 3 is 2.44 bits per heavy atom. The van der Waals surface area contributed by atoms with Gasteiger partial charge in [-0.1, -0.05) is 11.6 Å². The number of halogens is 2. The van der Waals surface area contributed by atoms with E-state index in [1.165, 1.54) is 19.2 Å². The molecule has 146 valence electrons. The van der Waals surface area contributed by atoms with Crippen molar-refractivity contribution in [1.82, 2.24) is 10.3 Å².